The lowest BCUT2D eigenvalue weighted by atomic mass is 9.96. The van der Waals surface area contributed by atoms with Gasteiger partial charge in [0.15, 0.2) is 0 Å². The summed E-state index contributed by atoms with van der Waals surface area (Å²) in [6.45, 7) is 3.24. The van der Waals surface area contributed by atoms with Crippen molar-refractivity contribution in [3.63, 3.8) is 0 Å². The van der Waals surface area contributed by atoms with Gasteiger partial charge in [-0.05, 0) is 30.7 Å². The highest BCUT2D eigenvalue weighted by atomic mass is 16.5. The molecule has 0 bridgehead atoms. The summed E-state index contributed by atoms with van der Waals surface area (Å²) in [4.78, 5) is 17.8. The van der Waals surface area contributed by atoms with Gasteiger partial charge in [0.25, 0.3) is 0 Å². The highest BCUT2D eigenvalue weighted by Crippen LogP contribution is 2.17. The Labute approximate surface area is 130 Å². The summed E-state index contributed by atoms with van der Waals surface area (Å²) < 4.78 is 5.25. The first-order valence-electron chi connectivity index (χ1n) is 7.42. The van der Waals surface area contributed by atoms with Crippen LogP contribution in [0.5, 0.6) is 0 Å². The standard InChI is InChI=1S/C16H22N2O4/c1-2-18(9-13-10-22-11-14(19)16(13)21)15(20)4-3-12-5-7-17-8-6-12/h3-8,13-14,16,19,21H,2,9-11H2,1H3/b4-3+/t13-,14-,16+/m1/s1. The predicted molar refractivity (Wildman–Crippen MR) is 81.8 cm³/mol. The number of hydrogen-bond donors (Lipinski definition) is 2. The molecule has 0 unspecified atom stereocenters. The van der Waals surface area contributed by atoms with Crippen molar-refractivity contribution < 1.29 is 19.7 Å². The van der Waals surface area contributed by atoms with E-state index in [1.807, 2.05) is 19.1 Å². The van der Waals surface area contributed by atoms with Crippen LogP contribution in [0.15, 0.2) is 30.6 Å². The lowest BCUT2D eigenvalue weighted by Crippen LogP contribution is -2.49. The second kappa shape index (κ2) is 8.03. The SMILES string of the molecule is CCN(C[C@@H]1COC[C@@H](O)[C@H]1O)C(=O)/C=C/c1ccncc1. The number of aliphatic hydroxyl groups is 2. The van der Waals surface area contributed by atoms with Gasteiger partial charge in [-0.25, -0.2) is 0 Å². The first kappa shape index (κ1) is 16.6. The van der Waals surface area contributed by atoms with E-state index in [1.165, 1.54) is 6.08 Å². The molecular formula is C16H22N2O4. The second-order valence-corrected chi connectivity index (χ2v) is 5.35. The van der Waals surface area contributed by atoms with Gasteiger partial charge in [0.2, 0.25) is 5.91 Å². The molecule has 0 aliphatic carbocycles. The number of carbonyl (C=O) groups excluding carboxylic acids is 1. The average molecular weight is 306 g/mol. The fourth-order valence-corrected chi connectivity index (χ4v) is 2.42. The molecular weight excluding hydrogens is 284 g/mol. The Kier molecular flexibility index (Phi) is 6.06. The Morgan fingerprint density at radius 2 is 2.14 bits per heavy atom. The number of amides is 1. The number of likely N-dealkylation sites (N-methyl/N-ethyl adjacent to an activating group) is 1. The molecule has 0 radical (unpaired) electrons. The molecule has 6 nitrogen and oxygen atoms in total. The topological polar surface area (TPSA) is 82.9 Å². The molecule has 1 fully saturated rings. The van der Waals surface area contributed by atoms with Crippen LogP contribution in [0.2, 0.25) is 0 Å². The molecule has 2 rings (SSSR count). The van der Waals surface area contributed by atoms with Crippen LogP contribution in [0.4, 0.5) is 0 Å². The van der Waals surface area contributed by atoms with Gasteiger partial charge < -0.3 is 19.8 Å². The quantitative estimate of drug-likeness (QED) is 0.765. The third kappa shape index (κ3) is 4.37. The minimum Gasteiger partial charge on any atom is -0.390 e. The van der Waals surface area contributed by atoms with Crippen LogP contribution in [0, 0.1) is 5.92 Å². The van der Waals surface area contributed by atoms with Crippen molar-refractivity contribution in [3.05, 3.63) is 36.2 Å². The first-order chi connectivity index (χ1) is 10.6. The normalized spacial score (nSPS) is 25.3. The lowest BCUT2D eigenvalue weighted by Gasteiger charge is -2.34. The highest BCUT2D eigenvalue weighted by Gasteiger charge is 2.32. The van der Waals surface area contributed by atoms with E-state index in [0.29, 0.717) is 19.7 Å². The van der Waals surface area contributed by atoms with Gasteiger partial charge in [-0.3, -0.25) is 9.78 Å². The molecule has 120 valence electrons. The summed E-state index contributed by atoms with van der Waals surface area (Å²) >= 11 is 0. The molecule has 1 aromatic heterocycles. The first-order valence-corrected chi connectivity index (χ1v) is 7.42. The van der Waals surface area contributed by atoms with Gasteiger partial charge in [-0.1, -0.05) is 0 Å². The van der Waals surface area contributed by atoms with E-state index < -0.39 is 12.2 Å². The summed E-state index contributed by atoms with van der Waals surface area (Å²) in [5, 5.41) is 19.6. The lowest BCUT2D eigenvalue weighted by molar-refractivity contribution is -0.138. The third-order valence-electron chi connectivity index (χ3n) is 3.77. The van der Waals surface area contributed by atoms with Crippen LogP contribution in [0.25, 0.3) is 6.08 Å². The van der Waals surface area contributed by atoms with Crippen LogP contribution in [0.3, 0.4) is 0 Å². The van der Waals surface area contributed by atoms with Crippen LogP contribution in [0.1, 0.15) is 12.5 Å². The summed E-state index contributed by atoms with van der Waals surface area (Å²) in [6, 6.07) is 3.63. The Morgan fingerprint density at radius 3 is 2.82 bits per heavy atom. The van der Waals surface area contributed by atoms with Crippen LogP contribution < -0.4 is 0 Å². The molecule has 0 aromatic carbocycles. The largest absolute Gasteiger partial charge is 0.390 e. The highest BCUT2D eigenvalue weighted by molar-refractivity contribution is 5.91. The maximum atomic E-state index is 12.2. The van der Waals surface area contributed by atoms with E-state index in [2.05, 4.69) is 4.98 Å². The summed E-state index contributed by atoms with van der Waals surface area (Å²) in [6.07, 6.45) is 4.82. The zero-order chi connectivity index (χ0) is 15.9. The number of hydrogen-bond acceptors (Lipinski definition) is 5. The molecule has 2 N–H and O–H groups in total. The van der Waals surface area contributed by atoms with Crippen LogP contribution >= 0.6 is 0 Å². The summed E-state index contributed by atoms with van der Waals surface area (Å²) in [5.41, 5.74) is 0.899. The zero-order valence-corrected chi connectivity index (χ0v) is 12.6. The minimum absolute atomic E-state index is 0.133. The molecule has 6 heteroatoms. The number of nitrogens with zero attached hydrogens (tertiary/aromatic N) is 2. The fourth-order valence-electron chi connectivity index (χ4n) is 2.42. The fraction of sp³-hybridized carbons (Fsp3) is 0.500. The molecule has 1 aromatic rings. The number of pyridine rings is 1. The molecule has 1 saturated heterocycles. The van der Waals surface area contributed by atoms with Gasteiger partial charge >= 0.3 is 0 Å². The number of ether oxygens (including phenoxy) is 1. The minimum atomic E-state index is -0.889. The Balaban J connectivity index is 1.95. The number of rotatable bonds is 5. The predicted octanol–water partition coefficient (Wildman–Crippen LogP) is 0.311. The van der Waals surface area contributed by atoms with Crippen molar-refractivity contribution in [3.8, 4) is 0 Å². The Morgan fingerprint density at radius 1 is 1.41 bits per heavy atom. The molecule has 0 spiro atoms. The van der Waals surface area contributed by atoms with E-state index in [-0.39, 0.29) is 18.4 Å². The molecule has 1 aliphatic heterocycles. The van der Waals surface area contributed by atoms with E-state index in [4.69, 9.17) is 4.74 Å². The monoisotopic (exact) mass is 306 g/mol. The zero-order valence-electron chi connectivity index (χ0n) is 12.6. The molecule has 3 atom stereocenters. The maximum absolute atomic E-state index is 12.2. The Hall–Kier alpha value is -1.76. The van der Waals surface area contributed by atoms with Gasteiger partial charge in [-0.15, -0.1) is 0 Å². The number of carbonyl (C=O) groups is 1. The van der Waals surface area contributed by atoms with Gasteiger partial charge in [-0.2, -0.15) is 0 Å². The van der Waals surface area contributed by atoms with Crippen molar-refractivity contribution in [2.24, 2.45) is 5.92 Å². The average Bonchev–Trinajstić information content (AvgIpc) is 2.55. The van der Waals surface area contributed by atoms with Gasteiger partial charge in [0.05, 0.1) is 19.3 Å². The van der Waals surface area contributed by atoms with E-state index in [0.717, 1.165) is 5.56 Å². The molecule has 1 aliphatic rings. The smallest absolute Gasteiger partial charge is 0.246 e. The maximum Gasteiger partial charge on any atom is 0.246 e. The Bertz CT molecular complexity index is 506. The van der Waals surface area contributed by atoms with Crippen molar-refractivity contribution in [1.82, 2.24) is 9.88 Å². The number of aliphatic hydroxyl groups excluding tert-OH is 2. The van der Waals surface area contributed by atoms with Gasteiger partial charge in [0, 0.05) is 37.5 Å². The van der Waals surface area contributed by atoms with Crippen molar-refractivity contribution >= 4 is 12.0 Å². The molecule has 0 saturated carbocycles. The third-order valence-corrected chi connectivity index (χ3v) is 3.77. The van der Waals surface area contributed by atoms with Crippen LogP contribution in [-0.4, -0.2) is 64.5 Å². The van der Waals surface area contributed by atoms with E-state index in [1.54, 1.807) is 23.4 Å². The second-order valence-electron chi connectivity index (χ2n) is 5.35. The molecule has 22 heavy (non-hydrogen) atoms. The van der Waals surface area contributed by atoms with E-state index in [9.17, 15) is 15.0 Å². The van der Waals surface area contributed by atoms with Crippen molar-refractivity contribution in [1.29, 1.82) is 0 Å². The number of aromatic nitrogens is 1. The van der Waals surface area contributed by atoms with Crippen LogP contribution in [-0.2, 0) is 9.53 Å². The summed E-state index contributed by atoms with van der Waals surface area (Å²) in [7, 11) is 0. The molecule has 2 heterocycles. The van der Waals surface area contributed by atoms with E-state index >= 15 is 0 Å². The van der Waals surface area contributed by atoms with Crippen molar-refractivity contribution in [2.75, 3.05) is 26.3 Å². The summed E-state index contributed by atoms with van der Waals surface area (Å²) in [5.74, 6) is -0.409. The molecule has 1 amide bonds. The van der Waals surface area contributed by atoms with Gasteiger partial charge in [0.1, 0.15) is 6.10 Å². The van der Waals surface area contributed by atoms with Crippen molar-refractivity contribution in [2.45, 2.75) is 19.1 Å².